The Morgan fingerprint density at radius 2 is 1.40 bits per heavy atom. The smallest absolute Gasteiger partial charge is 0.218 e. The molecule has 4 heteroatoms. The van der Waals surface area contributed by atoms with Crippen LogP contribution in [-0.2, 0) is 6.42 Å². The number of ether oxygens (including phenoxy) is 1. The maximum atomic E-state index is 6.32. The van der Waals surface area contributed by atoms with Crippen LogP contribution in [0.5, 0.6) is 5.75 Å². The van der Waals surface area contributed by atoms with Crippen molar-refractivity contribution >= 4 is 11.4 Å². The number of nitrogens with zero attached hydrogens (tertiary/aromatic N) is 3. The first-order valence-corrected chi connectivity index (χ1v) is 12.6. The number of para-hydroxylation sites is 2. The molecule has 0 bridgehead atoms. The molecule has 35 heavy (non-hydrogen) atoms. The minimum absolute atomic E-state index is 0.414. The van der Waals surface area contributed by atoms with Crippen LogP contribution in [0.15, 0.2) is 72.2 Å². The Balaban J connectivity index is 1.67. The molecule has 2 aromatic carbocycles. The normalized spacial score (nSPS) is 14.0. The van der Waals surface area contributed by atoms with Crippen LogP contribution in [-0.4, -0.2) is 11.6 Å². The number of aryl methyl sites for hydroxylation is 1. The fourth-order valence-electron chi connectivity index (χ4n) is 4.63. The highest BCUT2D eigenvalue weighted by Crippen LogP contribution is 2.45. The largest absolute Gasteiger partial charge is 0.491 e. The van der Waals surface area contributed by atoms with Crippen LogP contribution >= 0.6 is 0 Å². The topological polar surface area (TPSA) is 28.6 Å². The predicted octanol–water partition coefficient (Wildman–Crippen LogP) is 7.83. The average molecular weight is 468 g/mol. The van der Waals surface area contributed by atoms with Crippen molar-refractivity contribution in [3.05, 3.63) is 101 Å². The number of benzene rings is 2. The maximum absolute atomic E-state index is 6.32. The summed E-state index contributed by atoms with van der Waals surface area (Å²) in [6.07, 6.45) is 2.59. The third kappa shape index (κ3) is 5.07. The molecule has 0 fully saturated rings. The third-order valence-electron chi connectivity index (χ3n) is 6.73. The monoisotopic (exact) mass is 467 g/mol. The molecule has 1 aromatic heterocycles. The van der Waals surface area contributed by atoms with Crippen molar-refractivity contribution in [2.75, 3.05) is 16.4 Å². The van der Waals surface area contributed by atoms with Crippen molar-refractivity contribution in [2.24, 2.45) is 0 Å². The first kappa shape index (κ1) is 24.8. The Labute approximate surface area is 211 Å². The van der Waals surface area contributed by atoms with Gasteiger partial charge in [-0.2, -0.15) is 0 Å². The highest BCUT2D eigenvalue weighted by atomic mass is 16.5. The van der Waals surface area contributed by atoms with E-state index >= 15 is 0 Å². The number of pyridine rings is 1. The maximum Gasteiger partial charge on any atom is 0.218 e. The summed E-state index contributed by atoms with van der Waals surface area (Å²) < 4.78 is 6.32. The number of allylic oxidation sites excluding steroid dienone is 2. The molecule has 0 saturated heterocycles. The van der Waals surface area contributed by atoms with E-state index in [4.69, 9.17) is 4.74 Å². The number of anilines is 2. The molecule has 4 rings (SSSR count). The summed E-state index contributed by atoms with van der Waals surface area (Å²) in [4.78, 5) is 8.84. The zero-order valence-corrected chi connectivity index (χ0v) is 22.1. The molecule has 0 N–H and O–H groups in total. The van der Waals surface area contributed by atoms with Gasteiger partial charge in [0.1, 0.15) is 5.75 Å². The Kier molecular flexibility index (Phi) is 7.49. The van der Waals surface area contributed by atoms with Gasteiger partial charge in [0.15, 0.2) is 0 Å². The lowest BCUT2D eigenvalue weighted by Crippen LogP contribution is -2.24. The summed E-state index contributed by atoms with van der Waals surface area (Å²) in [5.41, 5.74) is 9.51. The molecule has 1 aliphatic rings. The number of hydrogen-bond donors (Lipinski definition) is 0. The molecular formula is C31H37N3O. The highest BCUT2D eigenvalue weighted by molar-refractivity contribution is 5.76. The van der Waals surface area contributed by atoms with Crippen molar-refractivity contribution in [3.63, 3.8) is 0 Å². The molecular weight excluding hydrogens is 430 g/mol. The van der Waals surface area contributed by atoms with Crippen LogP contribution in [0.4, 0.5) is 11.4 Å². The Morgan fingerprint density at radius 3 is 2.00 bits per heavy atom. The Bertz CT molecular complexity index is 1170. The van der Waals surface area contributed by atoms with Gasteiger partial charge in [-0.3, -0.25) is 4.98 Å². The minimum Gasteiger partial charge on any atom is -0.491 e. The van der Waals surface area contributed by atoms with Crippen molar-refractivity contribution in [1.82, 2.24) is 4.98 Å². The van der Waals surface area contributed by atoms with Crippen LogP contribution < -0.4 is 14.5 Å². The van der Waals surface area contributed by atoms with Gasteiger partial charge < -0.3 is 14.5 Å². The summed E-state index contributed by atoms with van der Waals surface area (Å²) in [6, 6.07) is 18.9. The van der Waals surface area contributed by atoms with E-state index in [1.54, 1.807) is 0 Å². The second-order valence-corrected chi connectivity index (χ2v) is 9.88. The second kappa shape index (κ2) is 10.6. The van der Waals surface area contributed by atoms with Crippen LogP contribution in [0.25, 0.3) is 0 Å². The summed E-state index contributed by atoms with van der Waals surface area (Å²) in [5, 5.41) is 0. The molecule has 4 nitrogen and oxygen atoms in total. The third-order valence-corrected chi connectivity index (χ3v) is 6.73. The van der Waals surface area contributed by atoms with E-state index in [0.29, 0.717) is 18.4 Å². The van der Waals surface area contributed by atoms with Gasteiger partial charge in [0, 0.05) is 29.7 Å². The standard InChI is InChI=1S/C31H37N3O/c1-21(2)27-14-11-15-28(22(3)4)31(27)34-20-33(24(6)25(34)7)30-23(5)12-10-16-29(30)35-19-17-26-13-8-9-18-32-26/h8-16,18,21-22H,17,19H2,1-7H3. The van der Waals surface area contributed by atoms with Crippen LogP contribution in [0.3, 0.4) is 0 Å². The van der Waals surface area contributed by atoms with E-state index in [2.05, 4.69) is 106 Å². The minimum atomic E-state index is 0.414. The molecule has 2 radical (unpaired) electrons. The first-order valence-electron chi connectivity index (χ1n) is 12.6. The van der Waals surface area contributed by atoms with Crippen LogP contribution in [0.2, 0.25) is 0 Å². The molecule has 0 unspecified atom stereocenters. The van der Waals surface area contributed by atoms with E-state index in [-0.39, 0.29) is 0 Å². The molecule has 0 spiro atoms. The van der Waals surface area contributed by atoms with Crippen molar-refractivity contribution in [3.8, 4) is 5.75 Å². The van der Waals surface area contributed by atoms with E-state index in [1.807, 2.05) is 24.4 Å². The van der Waals surface area contributed by atoms with Gasteiger partial charge in [-0.15, -0.1) is 0 Å². The van der Waals surface area contributed by atoms with Gasteiger partial charge in [-0.05, 0) is 67.5 Å². The van der Waals surface area contributed by atoms with Gasteiger partial charge in [-0.25, -0.2) is 0 Å². The first-order chi connectivity index (χ1) is 16.8. The fraction of sp³-hybridized carbons (Fsp3) is 0.355. The zero-order valence-electron chi connectivity index (χ0n) is 22.1. The summed E-state index contributed by atoms with van der Waals surface area (Å²) in [5.74, 6) is 1.69. The quantitative estimate of drug-likeness (QED) is 0.337. The molecule has 1 aliphatic heterocycles. The Morgan fingerprint density at radius 1 is 0.771 bits per heavy atom. The zero-order chi connectivity index (χ0) is 25.1. The highest BCUT2D eigenvalue weighted by Gasteiger charge is 2.33. The summed E-state index contributed by atoms with van der Waals surface area (Å²) in [7, 11) is 0. The lowest BCUT2D eigenvalue weighted by molar-refractivity contribution is 0.321. The lowest BCUT2D eigenvalue weighted by Gasteiger charge is -2.29. The second-order valence-electron chi connectivity index (χ2n) is 9.88. The van der Waals surface area contributed by atoms with E-state index < -0.39 is 0 Å². The molecule has 3 aromatic rings. The van der Waals surface area contributed by atoms with Crippen LogP contribution in [0, 0.1) is 13.6 Å². The van der Waals surface area contributed by atoms with E-state index in [9.17, 15) is 0 Å². The summed E-state index contributed by atoms with van der Waals surface area (Å²) in [6.45, 7) is 19.8. The van der Waals surface area contributed by atoms with Gasteiger partial charge in [0.2, 0.25) is 6.67 Å². The molecule has 0 saturated carbocycles. The van der Waals surface area contributed by atoms with Crippen molar-refractivity contribution in [2.45, 2.75) is 66.7 Å². The lowest BCUT2D eigenvalue weighted by atomic mass is 9.92. The van der Waals surface area contributed by atoms with Crippen molar-refractivity contribution in [1.29, 1.82) is 0 Å². The predicted molar refractivity (Wildman–Crippen MR) is 146 cm³/mol. The van der Waals surface area contributed by atoms with Gasteiger partial charge >= 0.3 is 0 Å². The van der Waals surface area contributed by atoms with Crippen molar-refractivity contribution < 1.29 is 4.74 Å². The van der Waals surface area contributed by atoms with E-state index in [1.165, 1.54) is 22.5 Å². The summed E-state index contributed by atoms with van der Waals surface area (Å²) >= 11 is 0. The van der Waals surface area contributed by atoms with Crippen LogP contribution in [0.1, 0.15) is 75.8 Å². The molecule has 0 aliphatic carbocycles. The van der Waals surface area contributed by atoms with E-state index in [0.717, 1.165) is 34.8 Å². The molecule has 0 atom stereocenters. The number of aromatic nitrogens is 1. The number of hydrogen-bond acceptors (Lipinski definition) is 4. The van der Waals surface area contributed by atoms with Gasteiger partial charge in [0.05, 0.1) is 18.0 Å². The Hall–Kier alpha value is -3.27. The SMILES string of the molecule is CC1=C(C)N(c2c(C(C)C)cccc2C(C)C)[C]N1c1c(C)cccc1OCCc1ccccn1. The average Bonchev–Trinajstić information content (AvgIpc) is 3.13. The molecule has 0 amide bonds. The fourth-order valence-corrected chi connectivity index (χ4v) is 4.63. The molecule has 182 valence electrons. The van der Waals surface area contributed by atoms with Gasteiger partial charge in [-0.1, -0.05) is 64.1 Å². The number of rotatable bonds is 8. The van der Waals surface area contributed by atoms with Gasteiger partial charge in [0.25, 0.3) is 0 Å². The molecule has 2 heterocycles.